The Bertz CT molecular complexity index is 1480. The number of aliphatic hydroxyl groups excluding tert-OH is 3. The molecule has 3 amide bonds. The summed E-state index contributed by atoms with van der Waals surface area (Å²) in [5.41, 5.74) is 7.93. The summed E-state index contributed by atoms with van der Waals surface area (Å²) in [6.45, 7) is 9.11. The molecule has 0 bridgehead atoms. The number of alkyl carbamates (subject to hydrolysis) is 1. The molecule has 13 nitrogen and oxygen atoms in total. The average molecular weight is 959 g/mol. The number of benzene rings is 1. The number of unbranched alkanes of at least 4 members (excludes halogenated alkanes) is 25. The molecule has 0 aromatic heterocycles. The zero-order valence-corrected chi connectivity index (χ0v) is 43.4. The van der Waals surface area contributed by atoms with Gasteiger partial charge in [0.2, 0.25) is 17.7 Å². The standard InChI is InChI=1S/C55H98N4O9/c1-6-8-10-12-14-16-18-20-21-22-23-25-27-29-34-38-48(61)59(39-35-30-28-26-24-19-17-15-13-11-9-7-2)55(56)49(52(64)51(63)47(41-60)68-55)50(62)46(40-43(3)4)58-53(65)44(5)57-54(66)67-42-45-36-32-31-33-37-45/h31-33,36-37,43-44,46-47,49,51-52,60,63-64H,6-30,34-35,38-42,56H2,1-5H3,(H,57,66)(H,58,65)/t44-,46-,47+,49+,51+,52+,55-/m0/s1. The highest BCUT2D eigenvalue weighted by atomic mass is 16.6. The van der Waals surface area contributed by atoms with Crippen LogP contribution in [0.4, 0.5) is 4.79 Å². The topological polar surface area (TPSA) is 201 Å². The second-order valence-electron chi connectivity index (χ2n) is 20.2. The molecule has 1 fully saturated rings. The van der Waals surface area contributed by atoms with Crippen LogP contribution in [0.3, 0.4) is 0 Å². The minimum atomic E-state index is -2.25. The van der Waals surface area contributed by atoms with Gasteiger partial charge in [-0.25, -0.2) is 4.79 Å². The summed E-state index contributed by atoms with van der Waals surface area (Å²) in [7, 11) is 0. The number of hydrogen-bond donors (Lipinski definition) is 6. The van der Waals surface area contributed by atoms with E-state index in [0.717, 1.165) is 50.5 Å². The van der Waals surface area contributed by atoms with Crippen molar-refractivity contribution in [2.24, 2.45) is 17.6 Å². The van der Waals surface area contributed by atoms with E-state index in [1.165, 1.54) is 127 Å². The van der Waals surface area contributed by atoms with Crippen molar-refractivity contribution in [3.63, 3.8) is 0 Å². The molecular formula is C55H98N4O9. The van der Waals surface area contributed by atoms with Crippen molar-refractivity contribution in [3.05, 3.63) is 35.9 Å². The lowest BCUT2D eigenvalue weighted by Gasteiger charge is -2.53. The predicted molar refractivity (Wildman–Crippen MR) is 272 cm³/mol. The minimum absolute atomic E-state index is 0.00129. The van der Waals surface area contributed by atoms with Crippen LogP contribution < -0.4 is 16.4 Å². The summed E-state index contributed by atoms with van der Waals surface area (Å²) in [4.78, 5) is 57.0. The van der Waals surface area contributed by atoms with Gasteiger partial charge in [-0.15, -0.1) is 0 Å². The number of nitrogens with zero attached hydrogens (tertiary/aromatic N) is 1. The number of carbonyl (C=O) groups is 4. The van der Waals surface area contributed by atoms with Crippen LogP contribution in [0.25, 0.3) is 0 Å². The summed E-state index contributed by atoms with van der Waals surface area (Å²) in [6, 6.07) is 6.75. The van der Waals surface area contributed by atoms with Gasteiger partial charge in [0.05, 0.1) is 18.8 Å². The third-order valence-electron chi connectivity index (χ3n) is 13.6. The summed E-state index contributed by atoms with van der Waals surface area (Å²) in [6.07, 6.45) is 25.8. The smallest absolute Gasteiger partial charge is 0.408 e. The maximum Gasteiger partial charge on any atom is 0.408 e. The van der Waals surface area contributed by atoms with Crippen molar-refractivity contribution in [2.75, 3.05) is 13.2 Å². The summed E-state index contributed by atoms with van der Waals surface area (Å²) < 4.78 is 11.6. The lowest BCUT2D eigenvalue weighted by Crippen LogP contribution is -2.76. The van der Waals surface area contributed by atoms with E-state index < -0.39 is 66.6 Å². The van der Waals surface area contributed by atoms with Crippen molar-refractivity contribution < 1.29 is 44.0 Å². The van der Waals surface area contributed by atoms with E-state index in [0.29, 0.717) is 12.8 Å². The molecule has 0 aliphatic carbocycles. The van der Waals surface area contributed by atoms with Gasteiger partial charge in [-0.2, -0.15) is 0 Å². The van der Waals surface area contributed by atoms with Gasteiger partial charge >= 0.3 is 6.09 Å². The first kappa shape index (κ1) is 61.0. The lowest BCUT2D eigenvalue weighted by atomic mass is 9.79. The molecular weight excluding hydrogens is 861 g/mol. The predicted octanol–water partition coefficient (Wildman–Crippen LogP) is 10.5. The third-order valence-corrected chi connectivity index (χ3v) is 13.6. The van der Waals surface area contributed by atoms with Crippen molar-refractivity contribution in [2.45, 2.75) is 264 Å². The highest BCUT2D eigenvalue weighted by Crippen LogP contribution is 2.37. The molecule has 7 N–H and O–H groups in total. The first-order chi connectivity index (χ1) is 32.8. The largest absolute Gasteiger partial charge is 0.445 e. The highest BCUT2D eigenvalue weighted by molar-refractivity contribution is 5.94. The van der Waals surface area contributed by atoms with Crippen molar-refractivity contribution >= 4 is 23.7 Å². The minimum Gasteiger partial charge on any atom is -0.445 e. The molecule has 0 spiro atoms. The van der Waals surface area contributed by atoms with Gasteiger partial charge in [-0.05, 0) is 37.7 Å². The van der Waals surface area contributed by atoms with Crippen LogP contribution in [0, 0.1) is 11.8 Å². The molecule has 0 saturated carbocycles. The molecule has 1 aromatic rings. The normalized spacial score (nSPS) is 20.2. The molecule has 1 aliphatic heterocycles. The molecule has 68 heavy (non-hydrogen) atoms. The molecule has 13 heteroatoms. The number of ketones is 1. The van der Waals surface area contributed by atoms with Gasteiger partial charge in [0.1, 0.15) is 30.8 Å². The number of hydrogen-bond acceptors (Lipinski definition) is 10. The van der Waals surface area contributed by atoms with Crippen LogP contribution in [-0.2, 0) is 30.5 Å². The van der Waals surface area contributed by atoms with Crippen LogP contribution in [-0.4, -0.2) is 93.3 Å². The van der Waals surface area contributed by atoms with Crippen LogP contribution >= 0.6 is 0 Å². The fraction of sp³-hybridized carbons (Fsp3) is 0.818. The number of nitrogens with one attached hydrogen (secondary N) is 2. The van der Waals surface area contributed by atoms with E-state index in [-0.39, 0.29) is 37.8 Å². The van der Waals surface area contributed by atoms with Crippen molar-refractivity contribution in [1.29, 1.82) is 0 Å². The number of ether oxygens (including phenoxy) is 2. The molecule has 1 aliphatic rings. The fourth-order valence-electron chi connectivity index (χ4n) is 9.42. The van der Waals surface area contributed by atoms with E-state index >= 15 is 0 Å². The Labute approximate surface area is 412 Å². The summed E-state index contributed by atoms with van der Waals surface area (Å²) in [5, 5.41) is 38.6. The Morgan fingerprint density at radius 1 is 0.676 bits per heavy atom. The molecule has 392 valence electrons. The Kier molecular flexibility index (Phi) is 33.0. The van der Waals surface area contributed by atoms with Crippen molar-refractivity contribution in [3.8, 4) is 0 Å². The molecule has 7 atom stereocenters. The van der Waals surface area contributed by atoms with Gasteiger partial charge in [-0.1, -0.05) is 219 Å². The molecule has 1 saturated heterocycles. The van der Waals surface area contributed by atoms with E-state index in [1.54, 1.807) is 12.1 Å². The Morgan fingerprint density at radius 3 is 1.59 bits per heavy atom. The van der Waals surface area contributed by atoms with Gasteiger partial charge in [-0.3, -0.25) is 20.1 Å². The van der Waals surface area contributed by atoms with E-state index in [2.05, 4.69) is 24.5 Å². The number of amides is 3. The monoisotopic (exact) mass is 959 g/mol. The fourth-order valence-corrected chi connectivity index (χ4v) is 9.42. The number of nitrogens with two attached hydrogens (primary N) is 1. The first-order valence-electron chi connectivity index (χ1n) is 27.4. The molecule has 1 aromatic carbocycles. The van der Waals surface area contributed by atoms with Crippen LogP contribution in [0.2, 0.25) is 0 Å². The first-order valence-corrected chi connectivity index (χ1v) is 27.4. The lowest BCUT2D eigenvalue weighted by molar-refractivity contribution is -0.292. The quantitative estimate of drug-likeness (QED) is 0.0272. The molecule has 2 rings (SSSR count). The Hall–Kier alpha value is -3.10. The second kappa shape index (κ2) is 36.8. The van der Waals surface area contributed by atoms with Crippen LogP contribution in [0.5, 0.6) is 0 Å². The number of aliphatic hydroxyl groups is 3. The Balaban J connectivity index is 2.18. The zero-order valence-electron chi connectivity index (χ0n) is 43.4. The summed E-state index contributed by atoms with van der Waals surface area (Å²) in [5.74, 6) is -5.81. The number of carbonyl (C=O) groups excluding carboxylic acids is 4. The maximum atomic E-state index is 14.9. The van der Waals surface area contributed by atoms with Gasteiger partial charge in [0, 0.05) is 13.0 Å². The molecule has 0 unspecified atom stereocenters. The average Bonchev–Trinajstić information content (AvgIpc) is 3.32. The van der Waals surface area contributed by atoms with E-state index in [4.69, 9.17) is 15.2 Å². The van der Waals surface area contributed by atoms with Gasteiger partial charge < -0.3 is 40.3 Å². The van der Waals surface area contributed by atoms with E-state index in [9.17, 15) is 34.5 Å². The number of Topliss-reactive ketones (excluding diaryl/α,β-unsaturated/α-hetero) is 1. The van der Waals surface area contributed by atoms with Gasteiger partial charge in [0.15, 0.2) is 5.78 Å². The maximum absolute atomic E-state index is 14.9. The van der Waals surface area contributed by atoms with Crippen molar-refractivity contribution in [1.82, 2.24) is 15.5 Å². The molecule has 1 heterocycles. The van der Waals surface area contributed by atoms with Crippen LogP contribution in [0.1, 0.15) is 226 Å². The SMILES string of the molecule is CCCCCCCCCCCCCCCCCC(=O)N(CCCCCCCCCCCCCC)[C@]1(N)O[C@H](CO)[C@@H](O)[C@H](O)[C@H]1C(=O)[C@H](CC(C)C)NC(=O)[C@H](C)NC(=O)OCc1ccccc1. The highest BCUT2D eigenvalue weighted by Gasteiger charge is 2.59. The van der Waals surface area contributed by atoms with Crippen LogP contribution in [0.15, 0.2) is 30.3 Å². The summed E-state index contributed by atoms with van der Waals surface area (Å²) >= 11 is 0. The zero-order chi connectivity index (χ0) is 50.0. The van der Waals surface area contributed by atoms with Gasteiger partial charge in [0.25, 0.3) is 0 Å². The van der Waals surface area contributed by atoms with E-state index in [1.807, 2.05) is 32.0 Å². The Morgan fingerprint density at radius 2 is 1.13 bits per heavy atom. The molecule has 0 radical (unpaired) electrons. The number of rotatable bonds is 40. The third kappa shape index (κ3) is 24.1. The second-order valence-corrected chi connectivity index (χ2v) is 20.2.